The summed E-state index contributed by atoms with van der Waals surface area (Å²) in [5, 5.41) is 0.0692. The van der Waals surface area contributed by atoms with E-state index in [-0.39, 0.29) is 17.3 Å². The topological polar surface area (TPSA) is 26.0 Å². The highest BCUT2D eigenvalue weighted by Gasteiger charge is 2.13. The van der Waals surface area contributed by atoms with Gasteiger partial charge in [-0.3, -0.25) is 0 Å². The summed E-state index contributed by atoms with van der Waals surface area (Å²) in [6.45, 7) is 1.68. The number of aryl methyl sites for hydroxylation is 1. The molecule has 0 bridgehead atoms. The summed E-state index contributed by atoms with van der Waals surface area (Å²) < 4.78 is 27.2. The van der Waals surface area contributed by atoms with Crippen LogP contribution in [-0.4, -0.2) is 0 Å². The molecule has 100 valence electrons. The van der Waals surface area contributed by atoms with Crippen LogP contribution < -0.4 is 5.73 Å². The van der Waals surface area contributed by atoms with Gasteiger partial charge in [0.25, 0.3) is 0 Å². The predicted molar refractivity (Wildman–Crippen MR) is 73.2 cm³/mol. The number of hydrogen-bond donors (Lipinski definition) is 1. The molecule has 0 aromatic heterocycles. The lowest BCUT2D eigenvalue weighted by atomic mass is 9.98. The third-order valence-electron chi connectivity index (χ3n) is 3.10. The van der Waals surface area contributed by atoms with E-state index in [0.717, 1.165) is 0 Å². The molecule has 0 spiro atoms. The van der Waals surface area contributed by atoms with Gasteiger partial charge in [0.2, 0.25) is 0 Å². The van der Waals surface area contributed by atoms with Crippen LogP contribution in [0.3, 0.4) is 0 Å². The Balaban J connectivity index is 2.23. The summed E-state index contributed by atoms with van der Waals surface area (Å²) in [5.41, 5.74) is 7.62. The highest BCUT2D eigenvalue weighted by Crippen LogP contribution is 2.23. The second kappa shape index (κ2) is 5.68. The van der Waals surface area contributed by atoms with Gasteiger partial charge in [-0.25, -0.2) is 8.78 Å². The van der Waals surface area contributed by atoms with Crippen LogP contribution in [0.4, 0.5) is 8.78 Å². The first-order chi connectivity index (χ1) is 8.99. The first-order valence-electron chi connectivity index (χ1n) is 5.93. The molecule has 1 nitrogen and oxygen atoms in total. The zero-order valence-electron chi connectivity index (χ0n) is 10.5. The lowest BCUT2D eigenvalue weighted by molar-refractivity contribution is 0.588. The molecule has 2 rings (SSSR count). The molecule has 0 aliphatic rings. The molecular weight excluding hydrogens is 268 g/mol. The maximum atomic E-state index is 13.8. The predicted octanol–water partition coefficient (Wildman–Crippen LogP) is 4.17. The largest absolute Gasteiger partial charge is 0.324 e. The summed E-state index contributed by atoms with van der Waals surface area (Å²) >= 11 is 5.71. The van der Waals surface area contributed by atoms with Gasteiger partial charge >= 0.3 is 0 Å². The molecule has 0 saturated carbocycles. The summed E-state index contributed by atoms with van der Waals surface area (Å²) in [5.74, 6) is -0.772. The molecule has 2 aromatic rings. The smallest absolute Gasteiger partial charge is 0.145 e. The quantitative estimate of drug-likeness (QED) is 0.898. The van der Waals surface area contributed by atoms with Crippen molar-refractivity contribution < 1.29 is 8.78 Å². The number of halogens is 3. The van der Waals surface area contributed by atoms with Crippen LogP contribution in [-0.2, 0) is 6.42 Å². The molecule has 0 aliphatic carbocycles. The number of rotatable bonds is 3. The number of benzene rings is 2. The van der Waals surface area contributed by atoms with E-state index in [2.05, 4.69) is 0 Å². The van der Waals surface area contributed by atoms with Crippen LogP contribution in [0.25, 0.3) is 0 Å². The van der Waals surface area contributed by atoms with Crippen molar-refractivity contribution in [3.05, 3.63) is 69.7 Å². The van der Waals surface area contributed by atoms with E-state index in [0.29, 0.717) is 16.7 Å². The minimum absolute atomic E-state index is 0.0692. The second-order valence-electron chi connectivity index (χ2n) is 4.53. The van der Waals surface area contributed by atoms with Gasteiger partial charge in [-0.15, -0.1) is 0 Å². The van der Waals surface area contributed by atoms with Crippen molar-refractivity contribution in [2.75, 3.05) is 0 Å². The Morgan fingerprint density at radius 1 is 1.21 bits per heavy atom. The van der Waals surface area contributed by atoms with Crippen LogP contribution in [0.5, 0.6) is 0 Å². The van der Waals surface area contributed by atoms with Gasteiger partial charge in [-0.1, -0.05) is 35.9 Å². The molecule has 1 unspecified atom stereocenters. The SMILES string of the molecule is Cc1ccc(C(N)Cc2cccc(Cl)c2F)cc1F. The highest BCUT2D eigenvalue weighted by molar-refractivity contribution is 6.30. The van der Waals surface area contributed by atoms with Gasteiger partial charge in [-0.2, -0.15) is 0 Å². The van der Waals surface area contributed by atoms with Gasteiger partial charge in [0.05, 0.1) is 5.02 Å². The van der Waals surface area contributed by atoms with Gasteiger partial charge < -0.3 is 5.73 Å². The third-order valence-corrected chi connectivity index (χ3v) is 3.39. The lowest BCUT2D eigenvalue weighted by Crippen LogP contribution is -2.14. The Morgan fingerprint density at radius 2 is 1.95 bits per heavy atom. The van der Waals surface area contributed by atoms with E-state index in [1.54, 1.807) is 31.2 Å². The standard InChI is InChI=1S/C15H14ClF2N/c1-9-5-6-10(7-13(9)17)14(19)8-11-3-2-4-12(16)15(11)18/h2-7,14H,8,19H2,1H3. The molecule has 19 heavy (non-hydrogen) atoms. The first kappa shape index (κ1) is 14.0. The number of nitrogens with two attached hydrogens (primary N) is 1. The molecule has 0 heterocycles. The van der Waals surface area contributed by atoms with Crippen LogP contribution in [0.1, 0.15) is 22.7 Å². The fraction of sp³-hybridized carbons (Fsp3) is 0.200. The van der Waals surface area contributed by atoms with Crippen molar-refractivity contribution in [1.29, 1.82) is 0 Å². The summed E-state index contributed by atoms with van der Waals surface area (Å²) in [6, 6.07) is 9.13. The molecule has 1 atom stereocenters. The van der Waals surface area contributed by atoms with Crippen molar-refractivity contribution in [3.63, 3.8) is 0 Å². The third kappa shape index (κ3) is 3.11. The van der Waals surface area contributed by atoms with Crippen LogP contribution >= 0.6 is 11.6 Å². The van der Waals surface area contributed by atoms with E-state index in [9.17, 15) is 8.78 Å². The van der Waals surface area contributed by atoms with Crippen LogP contribution in [0.2, 0.25) is 5.02 Å². The first-order valence-corrected chi connectivity index (χ1v) is 6.31. The van der Waals surface area contributed by atoms with Crippen molar-refractivity contribution in [2.45, 2.75) is 19.4 Å². The summed E-state index contributed by atoms with van der Waals surface area (Å²) in [7, 11) is 0. The zero-order valence-corrected chi connectivity index (χ0v) is 11.2. The van der Waals surface area contributed by atoms with E-state index in [4.69, 9.17) is 17.3 Å². The Bertz CT molecular complexity index is 599. The average molecular weight is 282 g/mol. The van der Waals surface area contributed by atoms with E-state index < -0.39 is 11.9 Å². The Kier molecular flexibility index (Phi) is 4.17. The van der Waals surface area contributed by atoms with Crippen LogP contribution in [0.15, 0.2) is 36.4 Å². The monoisotopic (exact) mass is 281 g/mol. The molecule has 0 amide bonds. The normalized spacial score (nSPS) is 12.5. The average Bonchev–Trinajstić information content (AvgIpc) is 2.38. The van der Waals surface area contributed by atoms with E-state index >= 15 is 0 Å². The van der Waals surface area contributed by atoms with Gasteiger partial charge in [-0.05, 0) is 42.2 Å². The molecular formula is C15H14ClF2N. The van der Waals surface area contributed by atoms with Crippen molar-refractivity contribution in [2.24, 2.45) is 5.73 Å². The Morgan fingerprint density at radius 3 is 2.63 bits per heavy atom. The molecule has 2 N–H and O–H groups in total. The second-order valence-corrected chi connectivity index (χ2v) is 4.94. The molecule has 0 radical (unpaired) electrons. The van der Waals surface area contributed by atoms with Gasteiger partial charge in [0.15, 0.2) is 0 Å². The van der Waals surface area contributed by atoms with Crippen molar-refractivity contribution in [3.8, 4) is 0 Å². The minimum atomic E-state index is -0.469. The van der Waals surface area contributed by atoms with E-state index in [1.807, 2.05) is 0 Å². The van der Waals surface area contributed by atoms with Crippen LogP contribution in [0, 0.1) is 18.6 Å². The minimum Gasteiger partial charge on any atom is -0.324 e. The Hall–Kier alpha value is -1.45. The van der Waals surface area contributed by atoms with Crippen molar-refractivity contribution >= 4 is 11.6 Å². The molecule has 4 heteroatoms. The maximum Gasteiger partial charge on any atom is 0.145 e. The molecule has 0 fully saturated rings. The maximum absolute atomic E-state index is 13.8. The fourth-order valence-electron chi connectivity index (χ4n) is 1.90. The van der Waals surface area contributed by atoms with Gasteiger partial charge in [0, 0.05) is 6.04 Å². The zero-order chi connectivity index (χ0) is 14.0. The Labute approximate surface area is 116 Å². The number of hydrogen-bond acceptors (Lipinski definition) is 1. The van der Waals surface area contributed by atoms with E-state index in [1.165, 1.54) is 12.1 Å². The van der Waals surface area contributed by atoms with Gasteiger partial charge in [0.1, 0.15) is 11.6 Å². The molecule has 2 aromatic carbocycles. The summed E-state index contributed by atoms with van der Waals surface area (Å²) in [6.07, 6.45) is 0.273. The highest BCUT2D eigenvalue weighted by atomic mass is 35.5. The van der Waals surface area contributed by atoms with Crippen molar-refractivity contribution in [1.82, 2.24) is 0 Å². The summed E-state index contributed by atoms with van der Waals surface area (Å²) in [4.78, 5) is 0. The lowest BCUT2D eigenvalue weighted by Gasteiger charge is -2.14. The molecule has 0 aliphatic heterocycles. The molecule has 0 saturated heterocycles. The fourth-order valence-corrected chi connectivity index (χ4v) is 2.09.